The van der Waals surface area contributed by atoms with E-state index in [1.165, 1.54) is 37.8 Å². The van der Waals surface area contributed by atoms with Gasteiger partial charge >= 0.3 is 0 Å². The second-order valence-electron chi connectivity index (χ2n) is 9.36. The van der Waals surface area contributed by atoms with E-state index in [0.717, 1.165) is 5.56 Å². The highest BCUT2D eigenvalue weighted by molar-refractivity contribution is 6.06. The van der Waals surface area contributed by atoms with E-state index in [9.17, 15) is 14.0 Å². The molecule has 4 nitrogen and oxygen atoms in total. The predicted octanol–water partition coefficient (Wildman–Crippen LogP) is 5.10. The van der Waals surface area contributed by atoms with Crippen LogP contribution in [-0.4, -0.2) is 29.8 Å². The second-order valence-corrected chi connectivity index (χ2v) is 9.36. The maximum Gasteiger partial charge on any atom is 0.236 e. The highest BCUT2D eigenvalue weighted by Crippen LogP contribution is 2.57. The Morgan fingerprint density at radius 3 is 2.39 bits per heavy atom. The monoisotopic (exact) mass is 420 g/mol. The number of halogens is 1. The van der Waals surface area contributed by atoms with Crippen molar-refractivity contribution < 1.29 is 14.0 Å². The summed E-state index contributed by atoms with van der Waals surface area (Å²) in [5.41, 5.74) is 1.15. The van der Waals surface area contributed by atoms with Crippen LogP contribution in [0.3, 0.4) is 0 Å². The number of carbonyl (C=O) groups excluding carboxylic acids is 2. The maximum atomic E-state index is 13.9. The summed E-state index contributed by atoms with van der Waals surface area (Å²) < 4.78 is 13.9. The summed E-state index contributed by atoms with van der Waals surface area (Å²) in [6.45, 7) is 1.25. The van der Waals surface area contributed by atoms with Gasteiger partial charge in [-0.05, 0) is 55.4 Å². The zero-order valence-electron chi connectivity index (χ0n) is 17.8. The van der Waals surface area contributed by atoms with Crippen molar-refractivity contribution in [3.8, 4) is 0 Å². The van der Waals surface area contributed by atoms with Crippen molar-refractivity contribution in [2.75, 3.05) is 18.0 Å². The van der Waals surface area contributed by atoms with E-state index in [4.69, 9.17) is 0 Å². The zero-order chi connectivity index (χ0) is 21.4. The van der Waals surface area contributed by atoms with Gasteiger partial charge in [0.25, 0.3) is 0 Å². The van der Waals surface area contributed by atoms with Crippen molar-refractivity contribution >= 4 is 17.5 Å². The van der Waals surface area contributed by atoms with Crippen LogP contribution in [0.5, 0.6) is 0 Å². The van der Waals surface area contributed by atoms with Crippen molar-refractivity contribution in [2.24, 2.45) is 11.3 Å². The van der Waals surface area contributed by atoms with Gasteiger partial charge in [-0.15, -0.1) is 0 Å². The fourth-order valence-electron chi connectivity index (χ4n) is 5.88. The van der Waals surface area contributed by atoms with E-state index >= 15 is 0 Å². The normalized spacial score (nSPS) is 23.3. The van der Waals surface area contributed by atoms with Gasteiger partial charge in [-0.3, -0.25) is 9.59 Å². The highest BCUT2D eigenvalue weighted by Gasteiger charge is 2.62. The van der Waals surface area contributed by atoms with Crippen LogP contribution in [0.4, 0.5) is 10.1 Å². The third-order valence-corrected chi connectivity index (χ3v) is 7.57. The fraction of sp³-hybridized carbons (Fsp3) is 0.462. The van der Waals surface area contributed by atoms with Crippen LogP contribution >= 0.6 is 0 Å². The van der Waals surface area contributed by atoms with Gasteiger partial charge in [-0.2, -0.15) is 0 Å². The van der Waals surface area contributed by atoms with Crippen LogP contribution in [0.15, 0.2) is 54.6 Å². The summed E-state index contributed by atoms with van der Waals surface area (Å²) in [7, 11) is 0. The molecule has 2 aromatic rings. The van der Waals surface area contributed by atoms with Crippen LogP contribution in [0.2, 0.25) is 0 Å². The molecule has 0 bridgehead atoms. The summed E-state index contributed by atoms with van der Waals surface area (Å²) in [5, 5.41) is 0. The molecule has 1 aliphatic carbocycles. The molecule has 1 spiro atoms. The minimum atomic E-state index is -0.516. The van der Waals surface area contributed by atoms with Crippen molar-refractivity contribution in [3.63, 3.8) is 0 Å². The molecular formula is C26H29FN2O2. The Bertz CT molecular complexity index is 962. The topological polar surface area (TPSA) is 40.6 Å². The van der Waals surface area contributed by atoms with Gasteiger partial charge in [0, 0.05) is 25.2 Å². The first-order chi connectivity index (χ1) is 15.1. The summed E-state index contributed by atoms with van der Waals surface area (Å²) in [6, 6.07) is 16.2. The van der Waals surface area contributed by atoms with Gasteiger partial charge in [0.2, 0.25) is 11.8 Å². The summed E-state index contributed by atoms with van der Waals surface area (Å²) in [5.74, 6) is 0.487. The molecule has 2 aromatic carbocycles. The van der Waals surface area contributed by atoms with Crippen molar-refractivity contribution in [1.29, 1.82) is 0 Å². The molecule has 162 valence electrons. The number of carbonyl (C=O) groups is 2. The molecule has 0 radical (unpaired) electrons. The van der Waals surface area contributed by atoms with Gasteiger partial charge in [0.05, 0.1) is 11.5 Å². The van der Waals surface area contributed by atoms with Crippen molar-refractivity contribution in [2.45, 2.75) is 51.0 Å². The molecule has 31 heavy (non-hydrogen) atoms. The number of piperidine rings is 1. The number of benzene rings is 2. The lowest BCUT2D eigenvalue weighted by Gasteiger charge is -2.59. The molecule has 5 rings (SSSR count). The standard InChI is InChI=1S/C26H29FN2O2/c27-21-11-6-12-22(18-21)29-24(20-9-2-1-3-10-20)26(25(29)31)13-15-28(16-14-26)23(30)17-19-7-4-5-8-19/h1-3,6,9-12,18-19,24H,4-5,7-8,13-17H2. The van der Waals surface area contributed by atoms with Crippen LogP contribution in [0, 0.1) is 17.2 Å². The third-order valence-electron chi connectivity index (χ3n) is 7.57. The number of hydrogen-bond acceptors (Lipinski definition) is 2. The Morgan fingerprint density at radius 1 is 1.00 bits per heavy atom. The van der Waals surface area contributed by atoms with Gasteiger partial charge in [-0.25, -0.2) is 4.39 Å². The first-order valence-corrected chi connectivity index (χ1v) is 11.5. The number of hydrogen-bond donors (Lipinski definition) is 0. The minimum absolute atomic E-state index is 0.0508. The van der Waals surface area contributed by atoms with Gasteiger partial charge < -0.3 is 9.80 Å². The molecule has 5 heteroatoms. The predicted molar refractivity (Wildman–Crippen MR) is 118 cm³/mol. The molecule has 1 unspecified atom stereocenters. The van der Waals surface area contributed by atoms with E-state index in [1.807, 2.05) is 35.2 Å². The van der Waals surface area contributed by atoms with Gasteiger partial charge in [0.1, 0.15) is 5.82 Å². The molecule has 0 N–H and O–H groups in total. The molecule has 0 aromatic heterocycles. The van der Waals surface area contributed by atoms with Crippen LogP contribution in [-0.2, 0) is 9.59 Å². The molecule has 3 fully saturated rings. The Balaban J connectivity index is 1.37. The number of rotatable bonds is 4. The second kappa shape index (κ2) is 8.10. The number of likely N-dealkylation sites (tertiary alicyclic amines) is 1. The largest absolute Gasteiger partial charge is 0.343 e. The number of anilines is 1. The number of nitrogens with zero attached hydrogens (tertiary/aromatic N) is 2. The Labute approximate surface area is 183 Å². The smallest absolute Gasteiger partial charge is 0.236 e. The molecule has 1 atom stereocenters. The lowest BCUT2D eigenvalue weighted by atomic mass is 9.62. The van der Waals surface area contributed by atoms with E-state index < -0.39 is 5.41 Å². The van der Waals surface area contributed by atoms with Crippen molar-refractivity contribution in [3.05, 3.63) is 66.0 Å². The Morgan fingerprint density at radius 2 is 1.71 bits per heavy atom. The average molecular weight is 421 g/mol. The average Bonchev–Trinajstić information content (AvgIpc) is 3.30. The van der Waals surface area contributed by atoms with E-state index in [-0.39, 0.29) is 23.7 Å². The van der Waals surface area contributed by atoms with Crippen molar-refractivity contribution in [1.82, 2.24) is 4.90 Å². The maximum absolute atomic E-state index is 13.9. The van der Waals surface area contributed by atoms with Crippen LogP contribution in [0.25, 0.3) is 0 Å². The molecule has 3 aliphatic rings. The molecule has 2 heterocycles. The van der Waals surface area contributed by atoms with Gasteiger partial charge in [-0.1, -0.05) is 49.2 Å². The van der Waals surface area contributed by atoms with E-state index in [2.05, 4.69) is 0 Å². The number of β-lactam (4-membered cyclic amide) rings is 1. The lowest BCUT2D eigenvalue weighted by molar-refractivity contribution is -0.149. The summed E-state index contributed by atoms with van der Waals surface area (Å²) in [6.07, 6.45) is 6.79. The third kappa shape index (κ3) is 3.54. The van der Waals surface area contributed by atoms with Crippen LogP contribution in [0.1, 0.15) is 56.6 Å². The molecule has 2 amide bonds. The number of amides is 2. The Hall–Kier alpha value is -2.69. The molecule has 1 saturated carbocycles. The molecular weight excluding hydrogens is 391 g/mol. The molecule has 2 aliphatic heterocycles. The fourth-order valence-corrected chi connectivity index (χ4v) is 5.88. The quantitative estimate of drug-likeness (QED) is 0.646. The zero-order valence-corrected chi connectivity index (χ0v) is 17.8. The molecule has 2 saturated heterocycles. The minimum Gasteiger partial charge on any atom is -0.343 e. The van der Waals surface area contributed by atoms with Crippen LogP contribution < -0.4 is 4.90 Å². The Kier molecular flexibility index (Phi) is 5.28. The van der Waals surface area contributed by atoms with E-state index in [1.54, 1.807) is 17.0 Å². The lowest BCUT2D eigenvalue weighted by Crippen LogP contribution is -2.67. The first-order valence-electron chi connectivity index (χ1n) is 11.5. The summed E-state index contributed by atoms with van der Waals surface area (Å²) >= 11 is 0. The summed E-state index contributed by atoms with van der Waals surface area (Å²) in [4.78, 5) is 30.0. The highest BCUT2D eigenvalue weighted by atomic mass is 19.1. The SMILES string of the molecule is O=C(CC1CCCC1)N1CCC2(CC1)C(=O)N(c1cccc(F)c1)C2c1ccccc1. The van der Waals surface area contributed by atoms with Gasteiger partial charge in [0.15, 0.2) is 0 Å². The first kappa shape index (κ1) is 20.2. The van der Waals surface area contributed by atoms with E-state index in [0.29, 0.717) is 44.0 Å².